The van der Waals surface area contributed by atoms with Crippen LogP contribution in [0.5, 0.6) is 0 Å². The minimum absolute atomic E-state index is 0.231. The average molecular weight is 280 g/mol. The van der Waals surface area contributed by atoms with Gasteiger partial charge in [-0.3, -0.25) is 9.59 Å². The molecule has 112 valence electrons. The van der Waals surface area contributed by atoms with Crippen molar-refractivity contribution in [3.8, 4) is 0 Å². The van der Waals surface area contributed by atoms with E-state index in [0.717, 1.165) is 0 Å². The molecule has 20 heavy (non-hydrogen) atoms. The summed E-state index contributed by atoms with van der Waals surface area (Å²) in [6.07, 6.45) is 1.53. The summed E-state index contributed by atoms with van der Waals surface area (Å²) in [5.74, 6) is 0.234. The number of hydrogen-bond donors (Lipinski definition) is 1. The lowest BCUT2D eigenvalue weighted by molar-refractivity contribution is -0.146. The number of furan rings is 1. The second-order valence-electron chi connectivity index (χ2n) is 5.76. The van der Waals surface area contributed by atoms with Crippen LogP contribution in [-0.4, -0.2) is 29.8 Å². The van der Waals surface area contributed by atoms with Crippen molar-refractivity contribution in [2.75, 3.05) is 13.1 Å². The zero-order valence-electron chi connectivity index (χ0n) is 12.7. The summed E-state index contributed by atoms with van der Waals surface area (Å²) < 4.78 is 5.11. The maximum atomic E-state index is 12.2. The van der Waals surface area contributed by atoms with Crippen molar-refractivity contribution in [1.29, 1.82) is 0 Å². The van der Waals surface area contributed by atoms with E-state index in [1.807, 2.05) is 27.7 Å². The molecule has 1 rings (SSSR count). The van der Waals surface area contributed by atoms with Crippen molar-refractivity contribution in [3.05, 3.63) is 24.2 Å². The van der Waals surface area contributed by atoms with E-state index in [1.165, 1.54) is 6.26 Å². The maximum Gasteiger partial charge on any atom is 0.311 e. The number of hydrogen-bond acceptors (Lipinski definition) is 3. The lowest BCUT2D eigenvalue weighted by atomic mass is 10.1. The number of nitrogens with zero attached hydrogens (tertiary/aromatic N) is 1. The molecule has 0 unspecified atom stereocenters. The number of carbonyl (C=O) groups is 2. The first-order valence-electron chi connectivity index (χ1n) is 6.99. The highest BCUT2D eigenvalue weighted by Crippen LogP contribution is 2.05. The van der Waals surface area contributed by atoms with E-state index in [0.29, 0.717) is 30.7 Å². The van der Waals surface area contributed by atoms with Gasteiger partial charge in [0.05, 0.1) is 12.8 Å². The third-order valence-electron chi connectivity index (χ3n) is 2.66. The molecule has 0 fully saturated rings. The zero-order valence-corrected chi connectivity index (χ0v) is 12.7. The second kappa shape index (κ2) is 7.72. The quantitative estimate of drug-likeness (QED) is 0.811. The smallest absolute Gasteiger partial charge is 0.311 e. The van der Waals surface area contributed by atoms with Crippen LogP contribution in [0, 0.1) is 11.8 Å². The highest BCUT2D eigenvalue weighted by Gasteiger charge is 2.23. The molecule has 0 saturated heterocycles. The normalized spacial score (nSPS) is 10.9. The van der Waals surface area contributed by atoms with Crippen LogP contribution in [0.3, 0.4) is 0 Å². The van der Waals surface area contributed by atoms with Gasteiger partial charge < -0.3 is 14.6 Å². The van der Waals surface area contributed by atoms with Crippen LogP contribution in [0.2, 0.25) is 0 Å². The Kier molecular flexibility index (Phi) is 6.28. The van der Waals surface area contributed by atoms with Gasteiger partial charge in [-0.25, -0.2) is 0 Å². The van der Waals surface area contributed by atoms with Gasteiger partial charge in [-0.05, 0) is 24.0 Å². The van der Waals surface area contributed by atoms with Crippen molar-refractivity contribution < 1.29 is 14.0 Å². The Labute approximate surface area is 120 Å². The maximum absolute atomic E-state index is 12.2. The minimum Gasteiger partial charge on any atom is -0.467 e. The molecule has 0 saturated carbocycles. The molecule has 0 spiro atoms. The first-order chi connectivity index (χ1) is 9.40. The first kappa shape index (κ1) is 16.3. The summed E-state index contributed by atoms with van der Waals surface area (Å²) in [5.41, 5.74) is 0. The van der Waals surface area contributed by atoms with Crippen molar-refractivity contribution in [1.82, 2.24) is 10.2 Å². The van der Waals surface area contributed by atoms with Crippen molar-refractivity contribution in [2.24, 2.45) is 11.8 Å². The largest absolute Gasteiger partial charge is 0.467 e. The standard InChI is InChI=1S/C15H24N2O3/c1-11(2)9-17(10-12(3)4)15(19)14(18)16-8-13-6-5-7-20-13/h5-7,11-12H,8-10H2,1-4H3,(H,16,18). The van der Waals surface area contributed by atoms with E-state index >= 15 is 0 Å². The van der Waals surface area contributed by atoms with Gasteiger partial charge in [0.1, 0.15) is 5.76 Å². The summed E-state index contributed by atoms with van der Waals surface area (Å²) in [6, 6.07) is 3.50. The molecule has 2 amide bonds. The fourth-order valence-corrected chi connectivity index (χ4v) is 1.92. The predicted molar refractivity (Wildman–Crippen MR) is 76.8 cm³/mol. The molecule has 1 N–H and O–H groups in total. The molecule has 1 aromatic heterocycles. The number of carbonyl (C=O) groups excluding carboxylic acids is 2. The van der Waals surface area contributed by atoms with Gasteiger partial charge in [-0.2, -0.15) is 0 Å². The molecule has 1 aromatic rings. The van der Waals surface area contributed by atoms with Crippen molar-refractivity contribution >= 4 is 11.8 Å². The monoisotopic (exact) mass is 280 g/mol. The molecule has 1 heterocycles. The lowest BCUT2D eigenvalue weighted by Crippen LogP contribution is -2.45. The Hall–Kier alpha value is -1.78. The van der Waals surface area contributed by atoms with Crippen LogP contribution in [-0.2, 0) is 16.1 Å². The molecule has 0 aliphatic rings. The van der Waals surface area contributed by atoms with Gasteiger partial charge in [-0.15, -0.1) is 0 Å². The van der Waals surface area contributed by atoms with Crippen LogP contribution < -0.4 is 5.32 Å². The SMILES string of the molecule is CC(C)CN(CC(C)C)C(=O)C(=O)NCc1ccco1. The third-order valence-corrected chi connectivity index (χ3v) is 2.66. The van der Waals surface area contributed by atoms with Gasteiger partial charge in [0.15, 0.2) is 0 Å². The Morgan fingerprint density at radius 3 is 2.25 bits per heavy atom. The van der Waals surface area contributed by atoms with Crippen LogP contribution in [0.15, 0.2) is 22.8 Å². The summed E-state index contributed by atoms with van der Waals surface area (Å²) in [5, 5.41) is 2.59. The highest BCUT2D eigenvalue weighted by atomic mass is 16.3. The average Bonchev–Trinajstić information content (AvgIpc) is 2.86. The fourth-order valence-electron chi connectivity index (χ4n) is 1.92. The molecule has 5 heteroatoms. The molecule has 0 bridgehead atoms. The van der Waals surface area contributed by atoms with Crippen LogP contribution in [0.1, 0.15) is 33.5 Å². The Bertz CT molecular complexity index is 414. The summed E-state index contributed by atoms with van der Waals surface area (Å²) in [4.78, 5) is 25.7. The van der Waals surface area contributed by atoms with Crippen molar-refractivity contribution in [2.45, 2.75) is 34.2 Å². The van der Waals surface area contributed by atoms with Crippen LogP contribution >= 0.6 is 0 Å². The Morgan fingerprint density at radius 1 is 1.20 bits per heavy atom. The number of rotatable bonds is 6. The molecule has 0 radical (unpaired) electrons. The van der Waals surface area contributed by atoms with E-state index in [9.17, 15) is 9.59 Å². The predicted octanol–water partition coefficient (Wildman–Crippen LogP) is 2.04. The number of amides is 2. The molecular weight excluding hydrogens is 256 g/mol. The Morgan fingerprint density at radius 2 is 1.80 bits per heavy atom. The summed E-state index contributed by atoms with van der Waals surface area (Å²) in [7, 11) is 0. The lowest BCUT2D eigenvalue weighted by Gasteiger charge is -2.25. The molecule has 5 nitrogen and oxygen atoms in total. The molecular formula is C15H24N2O3. The van der Waals surface area contributed by atoms with E-state index < -0.39 is 11.8 Å². The van der Waals surface area contributed by atoms with E-state index in [-0.39, 0.29) is 6.54 Å². The van der Waals surface area contributed by atoms with Gasteiger partial charge in [0, 0.05) is 13.1 Å². The van der Waals surface area contributed by atoms with Crippen molar-refractivity contribution in [3.63, 3.8) is 0 Å². The zero-order chi connectivity index (χ0) is 15.1. The molecule has 0 atom stereocenters. The summed E-state index contributed by atoms with van der Waals surface area (Å²) >= 11 is 0. The van der Waals surface area contributed by atoms with Crippen LogP contribution in [0.4, 0.5) is 0 Å². The molecule has 0 aliphatic heterocycles. The van der Waals surface area contributed by atoms with E-state index in [2.05, 4.69) is 5.32 Å². The summed E-state index contributed by atoms with van der Waals surface area (Å²) in [6.45, 7) is 9.52. The van der Waals surface area contributed by atoms with Gasteiger partial charge >= 0.3 is 11.8 Å². The number of nitrogens with one attached hydrogen (secondary N) is 1. The Balaban J connectivity index is 2.55. The second-order valence-corrected chi connectivity index (χ2v) is 5.76. The van der Waals surface area contributed by atoms with E-state index in [1.54, 1.807) is 17.0 Å². The topological polar surface area (TPSA) is 62.6 Å². The highest BCUT2D eigenvalue weighted by molar-refractivity contribution is 6.34. The van der Waals surface area contributed by atoms with Gasteiger partial charge in [0.2, 0.25) is 0 Å². The third kappa shape index (κ3) is 5.47. The van der Waals surface area contributed by atoms with Gasteiger partial charge in [-0.1, -0.05) is 27.7 Å². The molecule has 0 aromatic carbocycles. The minimum atomic E-state index is -0.581. The van der Waals surface area contributed by atoms with E-state index in [4.69, 9.17) is 4.42 Å². The fraction of sp³-hybridized carbons (Fsp3) is 0.600. The van der Waals surface area contributed by atoms with Crippen LogP contribution in [0.25, 0.3) is 0 Å². The molecule has 0 aliphatic carbocycles. The first-order valence-corrected chi connectivity index (χ1v) is 6.99. The van der Waals surface area contributed by atoms with Gasteiger partial charge in [0.25, 0.3) is 0 Å².